The van der Waals surface area contributed by atoms with Crippen LogP contribution in [0.15, 0.2) is 18.2 Å². The van der Waals surface area contributed by atoms with Gasteiger partial charge in [-0.25, -0.2) is 4.98 Å². The maximum absolute atomic E-state index is 8.95. The molecule has 0 radical (unpaired) electrons. The van der Waals surface area contributed by atoms with Gasteiger partial charge in [-0.1, -0.05) is 23.2 Å². The Labute approximate surface area is 93.1 Å². The smallest absolute Gasteiger partial charge is 0.147 e. The minimum absolute atomic E-state index is 0.284. The number of fused-ring (bicyclic) bond motifs is 1. The fraction of sp³-hybridized carbons (Fsp3) is 0.167. The lowest BCUT2D eigenvalue weighted by atomic mass is 10.0. The Kier molecular flexibility index (Phi) is 2.34. The lowest BCUT2D eigenvalue weighted by Crippen LogP contribution is -1.91. The van der Waals surface area contributed by atoms with Gasteiger partial charge in [0.25, 0.3) is 0 Å². The van der Waals surface area contributed by atoms with Crippen molar-refractivity contribution in [1.29, 1.82) is 5.26 Å². The highest BCUT2D eigenvalue weighted by Gasteiger charge is 2.09. The Morgan fingerprint density at radius 1 is 1.33 bits per heavy atom. The van der Waals surface area contributed by atoms with Crippen molar-refractivity contribution in [2.24, 2.45) is 0 Å². The van der Waals surface area contributed by atoms with E-state index < -0.39 is 0 Å². The number of pyridine rings is 1. The number of halogens is 1. The summed E-state index contributed by atoms with van der Waals surface area (Å²) in [5.41, 5.74) is 3.35. The second-order valence-corrected chi connectivity index (χ2v) is 3.89. The first kappa shape index (κ1) is 9.95. The molecule has 2 rings (SSSR count). The minimum Gasteiger partial charge on any atom is -0.235 e. The van der Waals surface area contributed by atoms with Crippen molar-refractivity contribution in [3.05, 3.63) is 40.0 Å². The number of hydrogen-bond donors (Lipinski definition) is 0. The third kappa shape index (κ3) is 1.55. The highest BCUT2D eigenvalue weighted by molar-refractivity contribution is 6.31. The summed E-state index contributed by atoms with van der Waals surface area (Å²) in [4.78, 5) is 4.19. The predicted octanol–water partition coefficient (Wildman–Crippen LogP) is 3.38. The summed E-state index contributed by atoms with van der Waals surface area (Å²) in [5.74, 6) is 0. The van der Waals surface area contributed by atoms with Gasteiger partial charge in [0.05, 0.1) is 11.1 Å². The quantitative estimate of drug-likeness (QED) is 0.633. The normalized spacial score (nSPS) is 10.3. The number of rotatable bonds is 0. The largest absolute Gasteiger partial charge is 0.235 e. The molecule has 1 heterocycles. The molecule has 2 aromatic rings. The number of aryl methyl sites for hydroxylation is 2. The fourth-order valence-corrected chi connectivity index (χ4v) is 1.90. The Morgan fingerprint density at radius 3 is 2.73 bits per heavy atom. The molecule has 0 spiro atoms. The van der Waals surface area contributed by atoms with Crippen LogP contribution >= 0.6 is 11.6 Å². The lowest BCUT2D eigenvalue weighted by molar-refractivity contribution is 1.31. The summed E-state index contributed by atoms with van der Waals surface area (Å²) in [6.07, 6.45) is 0. The molecule has 2 nitrogen and oxygen atoms in total. The van der Waals surface area contributed by atoms with Crippen LogP contribution in [0.2, 0.25) is 5.15 Å². The van der Waals surface area contributed by atoms with Crippen LogP contribution in [-0.4, -0.2) is 4.98 Å². The van der Waals surface area contributed by atoms with Crippen molar-refractivity contribution in [3.63, 3.8) is 0 Å². The molecular formula is C12H9ClN2. The van der Waals surface area contributed by atoms with Gasteiger partial charge in [-0.3, -0.25) is 0 Å². The highest BCUT2D eigenvalue weighted by Crippen LogP contribution is 2.25. The van der Waals surface area contributed by atoms with Crippen molar-refractivity contribution in [2.45, 2.75) is 13.8 Å². The first-order valence-electron chi connectivity index (χ1n) is 4.60. The van der Waals surface area contributed by atoms with Crippen LogP contribution in [0.5, 0.6) is 0 Å². The van der Waals surface area contributed by atoms with Gasteiger partial charge >= 0.3 is 0 Å². The molecule has 1 aromatic carbocycles. The maximum Gasteiger partial charge on any atom is 0.147 e. The Balaban J connectivity index is 2.94. The van der Waals surface area contributed by atoms with E-state index in [2.05, 4.69) is 11.1 Å². The van der Waals surface area contributed by atoms with Gasteiger partial charge in [-0.15, -0.1) is 0 Å². The molecule has 0 N–H and O–H groups in total. The summed E-state index contributed by atoms with van der Waals surface area (Å²) in [5, 5.41) is 10.2. The number of benzene rings is 1. The van der Waals surface area contributed by atoms with Crippen molar-refractivity contribution in [2.75, 3.05) is 0 Å². The van der Waals surface area contributed by atoms with Crippen molar-refractivity contribution in [1.82, 2.24) is 4.98 Å². The second kappa shape index (κ2) is 3.52. The van der Waals surface area contributed by atoms with Crippen LogP contribution in [-0.2, 0) is 0 Å². The van der Waals surface area contributed by atoms with Gasteiger partial charge < -0.3 is 0 Å². The first-order chi connectivity index (χ1) is 7.13. The molecular weight excluding hydrogens is 208 g/mol. The van der Waals surface area contributed by atoms with E-state index in [0.29, 0.717) is 5.56 Å². The van der Waals surface area contributed by atoms with Crippen LogP contribution in [0.1, 0.15) is 16.7 Å². The van der Waals surface area contributed by atoms with Gasteiger partial charge in [0.15, 0.2) is 0 Å². The first-order valence-corrected chi connectivity index (χ1v) is 4.98. The molecule has 0 atom stereocenters. The number of nitriles is 1. The Hall–Kier alpha value is -1.59. The highest BCUT2D eigenvalue weighted by atomic mass is 35.5. The molecule has 0 saturated carbocycles. The minimum atomic E-state index is 0.284. The number of nitrogens with zero attached hydrogens (tertiary/aromatic N) is 2. The van der Waals surface area contributed by atoms with Gasteiger partial charge in [0, 0.05) is 5.39 Å². The molecule has 3 heteroatoms. The van der Waals surface area contributed by atoms with E-state index in [4.69, 9.17) is 16.9 Å². The predicted molar refractivity (Wildman–Crippen MR) is 60.9 cm³/mol. The molecule has 0 unspecified atom stereocenters. The fourth-order valence-electron chi connectivity index (χ4n) is 1.63. The zero-order chi connectivity index (χ0) is 11.0. The van der Waals surface area contributed by atoms with E-state index in [1.165, 1.54) is 0 Å². The summed E-state index contributed by atoms with van der Waals surface area (Å²) >= 11 is 5.91. The topological polar surface area (TPSA) is 36.7 Å². The lowest BCUT2D eigenvalue weighted by Gasteiger charge is -2.06. The molecule has 0 saturated heterocycles. The molecule has 1 aromatic heterocycles. The molecule has 15 heavy (non-hydrogen) atoms. The summed E-state index contributed by atoms with van der Waals surface area (Å²) in [6, 6.07) is 8.01. The summed E-state index contributed by atoms with van der Waals surface area (Å²) < 4.78 is 0. The molecule has 0 aliphatic carbocycles. The third-order valence-corrected chi connectivity index (χ3v) is 2.74. The summed E-state index contributed by atoms with van der Waals surface area (Å²) in [7, 11) is 0. The maximum atomic E-state index is 8.95. The van der Waals surface area contributed by atoms with Crippen molar-refractivity contribution in [3.8, 4) is 6.07 Å². The van der Waals surface area contributed by atoms with Gasteiger partial charge in [0.1, 0.15) is 11.2 Å². The van der Waals surface area contributed by atoms with Crippen LogP contribution in [0, 0.1) is 25.2 Å². The van der Waals surface area contributed by atoms with Gasteiger partial charge in [-0.05, 0) is 31.5 Å². The molecule has 0 aliphatic rings. The van der Waals surface area contributed by atoms with E-state index >= 15 is 0 Å². The Morgan fingerprint density at radius 2 is 2.07 bits per heavy atom. The van der Waals surface area contributed by atoms with E-state index in [1.54, 1.807) is 0 Å². The van der Waals surface area contributed by atoms with Gasteiger partial charge in [-0.2, -0.15) is 5.26 Å². The van der Waals surface area contributed by atoms with E-state index in [9.17, 15) is 0 Å². The van der Waals surface area contributed by atoms with E-state index in [1.807, 2.05) is 32.0 Å². The monoisotopic (exact) mass is 216 g/mol. The third-order valence-electron chi connectivity index (χ3n) is 2.47. The molecule has 0 amide bonds. The molecule has 0 fully saturated rings. The number of hydrogen-bond acceptors (Lipinski definition) is 2. The van der Waals surface area contributed by atoms with Gasteiger partial charge in [0.2, 0.25) is 0 Å². The van der Waals surface area contributed by atoms with Crippen molar-refractivity contribution >= 4 is 22.5 Å². The van der Waals surface area contributed by atoms with E-state index in [-0.39, 0.29) is 5.15 Å². The molecule has 0 bridgehead atoms. The van der Waals surface area contributed by atoms with E-state index in [0.717, 1.165) is 22.0 Å². The van der Waals surface area contributed by atoms with Crippen LogP contribution in [0.25, 0.3) is 10.9 Å². The van der Waals surface area contributed by atoms with Crippen LogP contribution in [0.4, 0.5) is 0 Å². The average Bonchev–Trinajstić information content (AvgIpc) is 2.20. The average molecular weight is 217 g/mol. The zero-order valence-electron chi connectivity index (χ0n) is 8.50. The second-order valence-electron chi connectivity index (χ2n) is 3.54. The van der Waals surface area contributed by atoms with Crippen molar-refractivity contribution < 1.29 is 0 Å². The van der Waals surface area contributed by atoms with Crippen LogP contribution < -0.4 is 0 Å². The molecule has 74 valence electrons. The number of aromatic nitrogens is 1. The summed E-state index contributed by atoms with van der Waals surface area (Å²) in [6.45, 7) is 3.91. The van der Waals surface area contributed by atoms with Crippen LogP contribution in [0.3, 0.4) is 0 Å². The SMILES string of the molecule is Cc1ccc2nc(Cl)c(C#N)c(C)c2c1. The zero-order valence-corrected chi connectivity index (χ0v) is 9.26. The Bertz CT molecular complexity index is 582. The molecule has 0 aliphatic heterocycles. The standard InChI is InChI=1S/C12H9ClN2/c1-7-3-4-11-9(5-7)8(2)10(6-14)12(13)15-11/h3-5H,1-2H3.